The highest BCUT2D eigenvalue weighted by Crippen LogP contribution is 2.18. The van der Waals surface area contributed by atoms with Crippen LogP contribution in [-0.2, 0) is 0 Å². The minimum absolute atomic E-state index is 0.285. The molecule has 0 aliphatic heterocycles. The van der Waals surface area contributed by atoms with E-state index in [0.29, 0.717) is 0 Å². The first-order valence-corrected chi connectivity index (χ1v) is 6.54. The Morgan fingerprint density at radius 1 is 1.05 bits per heavy atom. The van der Waals surface area contributed by atoms with Crippen molar-refractivity contribution in [1.82, 2.24) is 0 Å². The highest BCUT2D eigenvalue weighted by atomic mass is 16.5. The number of hydrogen-bond acceptors (Lipinski definition) is 1. The molecule has 0 radical (unpaired) electrons. The van der Waals surface area contributed by atoms with Gasteiger partial charge in [-0.3, -0.25) is 0 Å². The van der Waals surface area contributed by atoms with Gasteiger partial charge in [0.15, 0.2) is 0 Å². The zero-order valence-corrected chi connectivity index (χ0v) is 11.4. The van der Waals surface area contributed by atoms with Crippen LogP contribution in [0.4, 0.5) is 0 Å². The second-order valence-corrected chi connectivity index (χ2v) is 4.37. The van der Waals surface area contributed by atoms with E-state index in [0.717, 1.165) is 17.7 Å². The van der Waals surface area contributed by atoms with Gasteiger partial charge in [0, 0.05) is 11.5 Å². The zero-order chi connectivity index (χ0) is 13.5. The van der Waals surface area contributed by atoms with Crippen molar-refractivity contribution in [2.24, 2.45) is 0 Å². The fourth-order valence-electron chi connectivity index (χ4n) is 1.98. The van der Waals surface area contributed by atoms with E-state index >= 15 is 0 Å². The lowest BCUT2D eigenvalue weighted by Gasteiger charge is -2.07. The first-order chi connectivity index (χ1) is 9.33. The highest BCUT2D eigenvalue weighted by molar-refractivity contribution is 5.41. The average molecular weight is 250 g/mol. The van der Waals surface area contributed by atoms with Gasteiger partial charge in [-0.15, -0.1) is 0 Å². The number of ether oxygens (including phenoxy) is 1. The summed E-state index contributed by atoms with van der Waals surface area (Å²) in [6.07, 6.45) is 1.01. The molecule has 0 aromatic heterocycles. The van der Waals surface area contributed by atoms with Crippen molar-refractivity contribution in [1.29, 1.82) is 0 Å². The van der Waals surface area contributed by atoms with Crippen molar-refractivity contribution < 1.29 is 4.74 Å². The average Bonchev–Trinajstić information content (AvgIpc) is 2.49. The third kappa shape index (κ3) is 3.63. The molecule has 0 saturated carbocycles. The SMILES string of the molecule is CCC(C#Cc1cccc(OC)c1)c1ccccc1. The second kappa shape index (κ2) is 6.66. The summed E-state index contributed by atoms with van der Waals surface area (Å²) >= 11 is 0. The fraction of sp³-hybridized carbons (Fsp3) is 0.222. The Balaban J connectivity index is 2.21. The molecule has 0 aliphatic carbocycles. The minimum Gasteiger partial charge on any atom is -0.497 e. The Morgan fingerprint density at radius 2 is 1.84 bits per heavy atom. The molecule has 19 heavy (non-hydrogen) atoms. The summed E-state index contributed by atoms with van der Waals surface area (Å²) in [6.45, 7) is 2.16. The van der Waals surface area contributed by atoms with Crippen LogP contribution in [0.3, 0.4) is 0 Å². The van der Waals surface area contributed by atoms with Crippen molar-refractivity contribution in [2.45, 2.75) is 19.3 Å². The third-order valence-corrected chi connectivity index (χ3v) is 3.07. The topological polar surface area (TPSA) is 9.23 Å². The molecule has 2 aromatic carbocycles. The molecule has 1 unspecified atom stereocenters. The van der Waals surface area contributed by atoms with Gasteiger partial charge >= 0.3 is 0 Å². The summed E-state index contributed by atoms with van der Waals surface area (Å²) in [5, 5.41) is 0. The van der Waals surface area contributed by atoms with Crippen LogP contribution in [0.25, 0.3) is 0 Å². The van der Waals surface area contributed by atoms with Gasteiger partial charge in [-0.1, -0.05) is 55.2 Å². The Bertz CT molecular complexity index is 575. The van der Waals surface area contributed by atoms with E-state index in [1.807, 2.05) is 30.3 Å². The van der Waals surface area contributed by atoms with Crippen molar-refractivity contribution in [2.75, 3.05) is 7.11 Å². The Morgan fingerprint density at radius 3 is 2.53 bits per heavy atom. The summed E-state index contributed by atoms with van der Waals surface area (Å²) in [5.74, 6) is 7.72. The van der Waals surface area contributed by atoms with E-state index in [-0.39, 0.29) is 5.92 Å². The van der Waals surface area contributed by atoms with Crippen LogP contribution in [0.2, 0.25) is 0 Å². The Hall–Kier alpha value is -2.20. The van der Waals surface area contributed by atoms with E-state index in [2.05, 4.69) is 43.0 Å². The second-order valence-electron chi connectivity index (χ2n) is 4.37. The van der Waals surface area contributed by atoms with Crippen LogP contribution >= 0.6 is 0 Å². The summed E-state index contributed by atoms with van der Waals surface area (Å²) in [6, 6.07) is 18.3. The molecular formula is C18H18O. The van der Waals surface area contributed by atoms with E-state index in [4.69, 9.17) is 4.74 Å². The van der Waals surface area contributed by atoms with Crippen LogP contribution in [0.15, 0.2) is 54.6 Å². The van der Waals surface area contributed by atoms with E-state index in [1.54, 1.807) is 7.11 Å². The van der Waals surface area contributed by atoms with Gasteiger partial charge in [-0.05, 0) is 30.2 Å². The molecule has 1 nitrogen and oxygen atoms in total. The van der Waals surface area contributed by atoms with E-state index in [9.17, 15) is 0 Å². The van der Waals surface area contributed by atoms with Crippen LogP contribution in [0, 0.1) is 11.8 Å². The Kier molecular flexibility index (Phi) is 4.64. The van der Waals surface area contributed by atoms with Crippen molar-refractivity contribution in [3.63, 3.8) is 0 Å². The maximum absolute atomic E-state index is 5.20. The molecule has 0 bridgehead atoms. The monoisotopic (exact) mass is 250 g/mol. The molecule has 0 saturated heterocycles. The third-order valence-electron chi connectivity index (χ3n) is 3.07. The largest absolute Gasteiger partial charge is 0.497 e. The van der Waals surface area contributed by atoms with Gasteiger partial charge in [0.1, 0.15) is 5.75 Å². The maximum Gasteiger partial charge on any atom is 0.120 e. The van der Waals surface area contributed by atoms with E-state index in [1.165, 1.54) is 5.56 Å². The van der Waals surface area contributed by atoms with Crippen molar-refractivity contribution in [3.05, 3.63) is 65.7 Å². The number of benzene rings is 2. The molecular weight excluding hydrogens is 232 g/mol. The lowest BCUT2D eigenvalue weighted by atomic mass is 9.97. The molecule has 0 heterocycles. The highest BCUT2D eigenvalue weighted by Gasteiger charge is 2.04. The molecule has 0 spiro atoms. The van der Waals surface area contributed by atoms with Crippen LogP contribution in [-0.4, -0.2) is 7.11 Å². The van der Waals surface area contributed by atoms with E-state index < -0.39 is 0 Å². The van der Waals surface area contributed by atoms with Crippen molar-refractivity contribution in [3.8, 4) is 17.6 Å². The first kappa shape index (κ1) is 13.2. The molecule has 0 N–H and O–H groups in total. The Labute approximate surface area is 115 Å². The standard InChI is InChI=1S/C18H18O/c1-3-16(17-9-5-4-6-10-17)13-12-15-8-7-11-18(14-15)19-2/h4-11,14,16H,3H2,1-2H3. The van der Waals surface area contributed by atoms with Gasteiger partial charge in [0.25, 0.3) is 0 Å². The number of hydrogen-bond donors (Lipinski definition) is 0. The lowest BCUT2D eigenvalue weighted by Crippen LogP contribution is -1.93. The lowest BCUT2D eigenvalue weighted by molar-refractivity contribution is 0.414. The van der Waals surface area contributed by atoms with Gasteiger partial charge in [0.2, 0.25) is 0 Å². The first-order valence-electron chi connectivity index (χ1n) is 6.54. The molecule has 1 atom stereocenters. The quantitative estimate of drug-likeness (QED) is 0.740. The smallest absolute Gasteiger partial charge is 0.120 e. The molecule has 2 rings (SSSR count). The molecule has 0 fully saturated rings. The summed E-state index contributed by atoms with van der Waals surface area (Å²) < 4.78 is 5.20. The maximum atomic E-state index is 5.20. The van der Waals surface area contributed by atoms with Gasteiger partial charge in [0.05, 0.1) is 7.11 Å². The molecule has 2 aromatic rings. The van der Waals surface area contributed by atoms with Crippen LogP contribution < -0.4 is 4.74 Å². The molecule has 0 amide bonds. The van der Waals surface area contributed by atoms with Gasteiger partial charge in [-0.2, -0.15) is 0 Å². The summed E-state index contributed by atoms with van der Waals surface area (Å²) in [4.78, 5) is 0. The van der Waals surface area contributed by atoms with Crippen LogP contribution in [0.5, 0.6) is 5.75 Å². The summed E-state index contributed by atoms with van der Waals surface area (Å²) in [7, 11) is 1.67. The molecule has 1 heteroatoms. The van der Waals surface area contributed by atoms with Gasteiger partial charge < -0.3 is 4.74 Å². The van der Waals surface area contributed by atoms with Gasteiger partial charge in [-0.25, -0.2) is 0 Å². The molecule has 0 aliphatic rings. The van der Waals surface area contributed by atoms with Crippen LogP contribution in [0.1, 0.15) is 30.4 Å². The normalized spacial score (nSPS) is 11.3. The predicted octanol–water partition coefficient (Wildman–Crippen LogP) is 4.24. The van der Waals surface area contributed by atoms with Crippen molar-refractivity contribution >= 4 is 0 Å². The summed E-state index contributed by atoms with van der Waals surface area (Å²) in [5.41, 5.74) is 2.27. The number of methoxy groups -OCH3 is 1. The minimum atomic E-state index is 0.285. The predicted molar refractivity (Wildman–Crippen MR) is 79.3 cm³/mol. The zero-order valence-electron chi connectivity index (χ0n) is 11.4. The molecule has 96 valence electrons. The number of rotatable bonds is 3. The fourth-order valence-corrected chi connectivity index (χ4v) is 1.98.